The molecule has 0 N–H and O–H groups in total. The van der Waals surface area contributed by atoms with Crippen molar-refractivity contribution in [2.75, 3.05) is 19.8 Å². The molecule has 7 heteroatoms. The molecule has 0 atom stereocenters. The van der Waals surface area contributed by atoms with Crippen LogP contribution >= 0.6 is 12.4 Å². The topological polar surface area (TPSA) is 45.5 Å². The molecule has 2 aromatic heterocycles. The summed E-state index contributed by atoms with van der Waals surface area (Å²) in [7, 11) is 0. The highest BCUT2D eigenvalue weighted by Crippen LogP contribution is 2.31. The van der Waals surface area contributed by atoms with Crippen LogP contribution in [0.15, 0.2) is 36.5 Å². The molecule has 0 unspecified atom stereocenters. The molecule has 0 aliphatic carbocycles. The molecule has 5 nitrogen and oxygen atoms in total. The van der Waals surface area contributed by atoms with Gasteiger partial charge in [-0.25, -0.2) is 9.37 Å². The van der Waals surface area contributed by atoms with Crippen LogP contribution in [-0.4, -0.2) is 35.7 Å². The van der Waals surface area contributed by atoms with Crippen LogP contribution in [0.25, 0.3) is 10.9 Å². The maximum absolute atomic E-state index is 13.0. The summed E-state index contributed by atoms with van der Waals surface area (Å²) in [4.78, 5) is 4.46. The van der Waals surface area contributed by atoms with E-state index in [1.165, 1.54) is 17.7 Å². The largest absolute Gasteiger partial charge is 0.476 e. The van der Waals surface area contributed by atoms with Crippen LogP contribution < -0.4 is 4.74 Å². The second kappa shape index (κ2) is 8.90. The van der Waals surface area contributed by atoms with Crippen molar-refractivity contribution >= 4 is 23.3 Å². The van der Waals surface area contributed by atoms with Gasteiger partial charge in [0.2, 0.25) is 5.88 Å². The van der Waals surface area contributed by atoms with Crippen molar-refractivity contribution in [1.29, 1.82) is 0 Å². The first-order valence-electron chi connectivity index (χ1n) is 9.18. The van der Waals surface area contributed by atoms with E-state index in [1.807, 2.05) is 6.07 Å². The van der Waals surface area contributed by atoms with Crippen LogP contribution in [0.3, 0.4) is 0 Å². The van der Waals surface area contributed by atoms with E-state index < -0.39 is 0 Å². The van der Waals surface area contributed by atoms with Gasteiger partial charge >= 0.3 is 0 Å². The Bertz CT molecular complexity index is 937. The predicted octanol–water partition coefficient (Wildman–Crippen LogP) is 4.21. The van der Waals surface area contributed by atoms with Crippen molar-refractivity contribution in [3.05, 3.63) is 59.2 Å². The predicted molar refractivity (Wildman–Crippen MR) is 108 cm³/mol. The Morgan fingerprint density at radius 1 is 1.14 bits per heavy atom. The summed E-state index contributed by atoms with van der Waals surface area (Å²) in [6, 6.07) is 8.50. The Labute approximate surface area is 169 Å². The highest BCUT2D eigenvalue weighted by atomic mass is 35.5. The maximum Gasteiger partial charge on any atom is 0.238 e. The van der Waals surface area contributed by atoms with E-state index >= 15 is 0 Å². The molecule has 0 bridgehead atoms. The molecule has 1 fully saturated rings. The number of fused-ring (bicyclic) bond motifs is 1. The molecular formula is C21H24ClFN2O3. The summed E-state index contributed by atoms with van der Waals surface area (Å²) < 4.78 is 32.5. The fraction of sp³-hybridized carbons (Fsp3) is 0.381. The summed E-state index contributed by atoms with van der Waals surface area (Å²) in [6.07, 6.45) is 2.21. The SMILES string of the molecule is Cc1c(C)n(CC2OCCO2)c2c(OCCc3ccc(F)cc3)nccc12.Cl. The molecule has 4 rings (SSSR count). The first-order valence-corrected chi connectivity index (χ1v) is 9.18. The minimum atomic E-state index is -0.244. The molecule has 28 heavy (non-hydrogen) atoms. The van der Waals surface area contributed by atoms with Crippen molar-refractivity contribution in [2.45, 2.75) is 33.1 Å². The zero-order valence-corrected chi connectivity index (χ0v) is 16.8. The maximum atomic E-state index is 13.0. The zero-order chi connectivity index (χ0) is 18.8. The Balaban J connectivity index is 0.00000225. The lowest BCUT2D eigenvalue weighted by Crippen LogP contribution is -2.18. The molecule has 3 heterocycles. The summed E-state index contributed by atoms with van der Waals surface area (Å²) in [5, 5.41) is 1.12. The lowest BCUT2D eigenvalue weighted by Gasteiger charge is -2.15. The standard InChI is InChI=1S/C21H23FN2O3.ClH/c1-14-15(2)24(13-19-25-11-12-26-19)20-18(14)7-9-23-21(20)27-10-8-16-3-5-17(22)6-4-16;/h3-7,9,19H,8,10-13H2,1-2H3;1H. The number of hydrogen-bond acceptors (Lipinski definition) is 4. The normalized spacial score (nSPS) is 14.4. The van der Waals surface area contributed by atoms with E-state index in [0.717, 1.165) is 22.2 Å². The molecule has 1 aromatic carbocycles. The summed E-state index contributed by atoms with van der Waals surface area (Å²) in [5.41, 5.74) is 4.35. The van der Waals surface area contributed by atoms with Gasteiger partial charge in [0.25, 0.3) is 0 Å². The fourth-order valence-electron chi connectivity index (χ4n) is 3.48. The quantitative estimate of drug-likeness (QED) is 0.615. The monoisotopic (exact) mass is 406 g/mol. The van der Waals surface area contributed by atoms with Crippen LogP contribution in [-0.2, 0) is 22.4 Å². The summed E-state index contributed by atoms with van der Waals surface area (Å²) in [5.74, 6) is 0.370. The van der Waals surface area contributed by atoms with Crippen molar-refractivity contribution in [3.63, 3.8) is 0 Å². The molecule has 1 aliphatic rings. The lowest BCUT2D eigenvalue weighted by molar-refractivity contribution is -0.0520. The second-order valence-electron chi connectivity index (χ2n) is 6.73. The first kappa shape index (κ1) is 20.6. The van der Waals surface area contributed by atoms with E-state index in [9.17, 15) is 4.39 Å². The van der Waals surface area contributed by atoms with Gasteiger partial charge in [0.15, 0.2) is 6.29 Å². The molecular weight excluding hydrogens is 383 g/mol. The third-order valence-corrected chi connectivity index (χ3v) is 5.08. The number of aromatic nitrogens is 2. The minimum absolute atomic E-state index is 0. The molecule has 1 saturated heterocycles. The van der Waals surface area contributed by atoms with Gasteiger partial charge < -0.3 is 18.8 Å². The Morgan fingerprint density at radius 3 is 2.57 bits per heavy atom. The van der Waals surface area contributed by atoms with E-state index in [0.29, 0.717) is 38.7 Å². The van der Waals surface area contributed by atoms with Gasteiger partial charge in [0.05, 0.1) is 26.4 Å². The van der Waals surface area contributed by atoms with Crippen molar-refractivity contribution < 1.29 is 18.6 Å². The number of pyridine rings is 1. The van der Waals surface area contributed by atoms with Crippen molar-refractivity contribution in [1.82, 2.24) is 9.55 Å². The number of aryl methyl sites for hydroxylation is 1. The van der Waals surface area contributed by atoms with Crippen LogP contribution in [0.1, 0.15) is 16.8 Å². The van der Waals surface area contributed by atoms with Gasteiger partial charge in [-0.2, -0.15) is 0 Å². The number of nitrogens with zero attached hydrogens (tertiary/aromatic N) is 2. The number of rotatable bonds is 6. The minimum Gasteiger partial charge on any atom is -0.476 e. The van der Waals surface area contributed by atoms with Crippen LogP contribution in [0.4, 0.5) is 4.39 Å². The highest BCUT2D eigenvalue weighted by Gasteiger charge is 2.22. The van der Waals surface area contributed by atoms with E-state index in [-0.39, 0.29) is 24.5 Å². The summed E-state index contributed by atoms with van der Waals surface area (Å²) >= 11 is 0. The lowest BCUT2D eigenvalue weighted by atomic mass is 10.1. The van der Waals surface area contributed by atoms with E-state index in [1.54, 1.807) is 18.3 Å². The Hall–Kier alpha value is -2.15. The smallest absolute Gasteiger partial charge is 0.238 e. The average molecular weight is 407 g/mol. The van der Waals surface area contributed by atoms with Crippen LogP contribution in [0, 0.1) is 19.7 Å². The van der Waals surface area contributed by atoms with Gasteiger partial charge in [0, 0.05) is 23.7 Å². The van der Waals surface area contributed by atoms with Gasteiger partial charge in [-0.15, -0.1) is 12.4 Å². The fourth-order valence-corrected chi connectivity index (χ4v) is 3.48. The number of hydrogen-bond donors (Lipinski definition) is 0. The molecule has 1 aliphatic heterocycles. The third kappa shape index (κ3) is 4.14. The van der Waals surface area contributed by atoms with E-state index in [2.05, 4.69) is 23.4 Å². The molecule has 3 aromatic rings. The molecule has 0 saturated carbocycles. The van der Waals surface area contributed by atoms with Gasteiger partial charge in [0.1, 0.15) is 11.3 Å². The molecule has 0 radical (unpaired) electrons. The Morgan fingerprint density at radius 2 is 1.86 bits per heavy atom. The third-order valence-electron chi connectivity index (χ3n) is 5.08. The second-order valence-corrected chi connectivity index (χ2v) is 6.73. The Kier molecular flexibility index (Phi) is 6.54. The van der Waals surface area contributed by atoms with Gasteiger partial charge in [-0.3, -0.25) is 0 Å². The van der Waals surface area contributed by atoms with Gasteiger partial charge in [-0.1, -0.05) is 12.1 Å². The van der Waals surface area contributed by atoms with Crippen LogP contribution in [0.5, 0.6) is 5.88 Å². The number of ether oxygens (including phenoxy) is 3. The molecule has 150 valence electrons. The van der Waals surface area contributed by atoms with Gasteiger partial charge in [-0.05, 0) is 43.2 Å². The zero-order valence-electron chi connectivity index (χ0n) is 16.0. The molecule has 0 amide bonds. The number of benzene rings is 1. The van der Waals surface area contributed by atoms with Crippen LogP contribution in [0.2, 0.25) is 0 Å². The highest BCUT2D eigenvalue weighted by molar-refractivity contribution is 5.88. The molecule has 0 spiro atoms. The van der Waals surface area contributed by atoms with Crippen molar-refractivity contribution in [2.24, 2.45) is 0 Å². The van der Waals surface area contributed by atoms with E-state index in [4.69, 9.17) is 14.2 Å². The number of halogens is 2. The average Bonchev–Trinajstić information content (AvgIpc) is 3.27. The van der Waals surface area contributed by atoms with Crippen molar-refractivity contribution in [3.8, 4) is 5.88 Å². The first-order chi connectivity index (χ1) is 13.1. The summed E-state index contributed by atoms with van der Waals surface area (Å²) in [6.45, 7) is 6.52.